The summed E-state index contributed by atoms with van der Waals surface area (Å²) >= 11 is 0. The number of amides is 1. The molecule has 0 radical (unpaired) electrons. The first-order valence-electron chi connectivity index (χ1n) is 5.85. The molecule has 0 aliphatic carbocycles. The monoisotopic (exact) mass is 247 g/mol. The highest BCUT2D eigenvalue weighted by Gasteiger charge is 2.40. The summed E-state index contributed by atoms with van der Waals surface area (Å²) in [6.07, 6.45) is 0.357. The van der Waals surface area contributed by atoms with E-state index in [1.54, 1.807) is 18.7 Å². The molecule has 0 unspecified atom stereocenters. The van der Waals surface area contributed by atoms with Crippen LogP contribution in [0, 0.1) is 5.41 Å². The first-order valence-corrected chi connectivity index (χ1v) is 5.85. The van der Waals surface area contributed by atoms with E-state index in [2.05, 4.69) is 0 Å². The number of amidine groups is 1. The molecule has 3 N–H and O–H groups in total. The Morgan fingerprint density at radius 2 is 2.11 bits per heavy atom. The lowest BCUT2D eigenvalue weighted by atomic mass is 10.0. The fraction of sp³-hybridized carbons (Fsp3) is 0.385. The minimum Gasteiger partial charge on any atom is -0.476 e. The molecule has 1 amide bonds. The standard InChI is InChI=1S/C13H17N3O2/c1-13(2)12(17)16(8-7-11(14)15)9-5-3-4-6-10(9)18-13/h3-6H,7-8H2,1-2H3,(H3,14,15). The van der Waals surface area contributed by atoms with Crippen molar-refractivity contribution in [2.45, 2.75) is 25.9 Å². The van der Waals surface area contributed by atoms with Gasteiger partial charge in [-0.1, -0.05) is 12.1 Å². The minimum absolute atomic E-state index is 0.0737. The van der Waals surface area contributed by atoms with Crippen LogP contribution < -0.4 is 15.4 Å². The van der Waals surface area contributed by atoms with Crippen LogP contribution in [0.3, 0.4) is 0 Å². The van der Waals surface area contributed by atoms with E-state index in [4.69, 9.17) is 15.9 Å². The van der Waals surface area contributed by atoms with Crippen molar-refractivity contribution in [2.75, 3.05) is 11.4 Å². The summed E-state index contributed by atoms with van der Waals surface area (Å²) in [7, 11) is 0. The van der Waals surface area contributed by atoms with Crippen LogP contribution in [0.25, 0.3) is 0 Å². The van der Waals surface area contributed by atoms with Crippen molar-refractivity contribution in [3.63, 3.8) is 0 Å². The summed E-state index contributed by atoms with van der Waals surface area (Å²) < 4.78 is 5.69. The number of carbonyl (C=O) groups is 1. The summed E-state index contributed by atoms with van der Waals surface area (Å²) in [6.45, 7) is 3.88. The molecule has 0 saturated carbocycles. The van der Waals surface area contributed by atoms with Gasteiger partial charge in [-0.2, -0.15) is 0 Å². The SMILES string of the molecule is CC1(C)Oc2ccccc2N(CCC(=N)N)C1=O. The Hall–Kier alpha value is -2.04. The smallest absolute Gasteiger partial charge is 0.270 e. The van der Waals surface area contributed by atoms with Gasteiger partial charge in [-0.15, -0.1) is 0 Å². The van der Waals surface area contributed by atoms with Gasteiger partial charge in [-0.25, -0.2) is 0 Å². The van der Waals surface area contributed by atoms with Gasteiger partial charge in [0.2, 0.25) is 0 Å². The average Bonchev–Trinajstić information content (AvgIpc) is 2.29. The molecule has 5 heteroatoms. The van der Waals surface area contributed by atoms with Gasteiger partial charge >= 0.3 is 0 Å². The third kappa shape index (κ3) is 2.16. The number of ether oxygens (including phenoxy) is 1. The maximum Gasteiger partial charge on any atom is 0.270 e. The molecule has 0 atom stereocenters. The molecule has 0 saturated heterocycles. The minimum atomic E-state index is -0.884. The lowest BCUT2D eigenvalue weighted by Gasteiger charge is -2.38. The molecule has 0 bridgehead atoms. The van der Waals surface area contributed by atoms with Gasteiger partial charge in [0.15, 0.2) is 5.60 Å². The number of nitrogens with two attached hydrogens (primary N) is 1. The van der Waals surface area contributed by atoms with Crippen LogP contribution in [0.4, 0.5) is 5.69 Å². The Balaban J connectivity index is 2.36. The molecule has 0 aromatic heterocycles. The van der Waals surface area contributed by atoms with Gasteiger partial charge in [0.05, 0.1) is 11.5 Å². The molecular weight excluding hydrogens is 230 g/mol. The number of anilines is 1. The molecule has 0 fully saturated rings. The summed E-state index contributed by atoms with van der Waals surface area (Å²) in [5.41, 5.74) is 5.21. The fourth-order valence-corrected chi connectivity index (χ4v) is 1.97. The lowest BCUT2D eigenvalue weighted by molar-refractivity contribution is -0.132. The van der Waals surface area contributed by atoms with Crippen LogP contribution in [0.1, 0.15) is 20.3 Å². The van der Waals surface area contributed by atoms with Crippen molar-refractivity contribution in [1.29, 1.82) is 5.41 Å². The zero-order valence-electron chi connectivity index (χ0n) is 10.6. The number of benzene rings is 1. The third-order valence-electron chi connectivity index (χ3n) is 2.89. The van der Waals surface area contributed by atoms with Gasteiger partial charge in [0.25, 0.3) is 5.91 Å². The predicted molar refractivity (Wildman–Crippen MR) is 70.0 cm³/mol. The van der Waals surface area contributed by atoms with Gasteiger partial charge in [-0.05, 0) is 26.0 Å². The van der Waals surface area contributed by atoms with E-state index in [9.17, 15) is 4.79 Å². The Morgan fingerprint density at radius 3 is 2.78 bits per heavy atom. The molecule has 1 aliphatic heterocycles. The number of carbonyl (C=O) groups excluding carboxylic acids is 1. The summed E-state index contributed by atoms with van der Waals surface area (Å²) in [5, 5.41) is 7.27. The Kier molecular flexibility index (Phi) is 2.98. The van der Waals surface area contributed by atoms with Crippen molar-refractivity contribution < 1.29 is 9.53 Å². The number of nitrogens with zero attached hydrogens (tertiary/aromatic N) is 1. The van der Waals surface area contributed by atoms with Crippen LogP contribution in [-0.4, -0.2) is 23.9 Å². The second-order valence-corrected chi connectivity index (χ2v) is 4.81. The van der Waals surface area contributed by atoms with Crippen LogP contribution in [0.5, 0.6) is 5.75 Å². The quantitative estimate of drug-likeness (QED) is 0.627. The highest BCUT2D eigenvalue weighted by atomic mass is 16.5. The highest BCUT2D eigenvalue weighted by molar-refractivity contribution is 6.02. The topological polar surface area (TPSA) is 79.4 Å². The molecule has 1 aliphatic rings. The van der Waals surface area contributed by atoms with Crippen LogP contribution in [0.2, 0.25) is 0 Å². The molecule has 1 aromatic carbocycles. The van der Waals surface area contributed by atoms with Gasteiger partial charge < -0.3 is 15.4 Å². The van der Waals surface area contributed by atoms with E-state index < -0.39 is 5.60 Å². The molecule has 18 heavy (non-hydrogen) atoms. The number of rotatable bonds is 3. The van der Waals surface area contributed by atoms with E-state index in [0.29, 0.717) is 18.7 Å². The summed E-state index contributed by atoms with van der Waals surface area (Å²) in [5.74, 6) is 0.651. The Morgan fingerprint density at radius 1 is 1.44 bits per heavy atom. The number of para-hydroxylation sites is 2. The number of fused-ring (bicyclic) bond motifs is 1. The lowest BCUT2D eigenvalue weighted by Crippen LogP contribution is -2.53. The number of hydrogen-bond donors (Lipinski definition) is 2. The van der Waals surface area contributed by atoms with Crippen molar-refractivity contribution >= 4 is 17.4 Å². The second-order valence-electron chi connectivity index (χ2n) is 4.81. The fourth-order valence-electron chi connectivity index (χ4n) is 1.97. The normalized spacial score (nSPS) is 17.0. The zero-order chi connectivity index (χ0) is 13.3. The molecular formula is C13H17N3O2. The van der Waals surface area contributed by atoms with E-state index in [0.717, 1.165) is 5.69 Å². The van der Waals surface area contributed by atoms with Crippen molar-refractivity contribution in [3.8, 4) is 5.75 Å². The van der Waals surface area contributed by atoms with Crippen molar-refractivity contribution in [3.05, 3.63) is 24.3 Å². The molecule has 2 rings (SSSR count). The van der Waals surface area contributed by atoms with Crippen LogP contribution >= 0.6 is 0 Å². The van der Waals surface area contributed by atoms with Crippen molar-refractivity contribution in [1.82, 2.24) is 0 Å². The Bertz CT molecular complexity index is 497. The molecule has 1 heterocycles. The van der Waals surface area contributed by atoms with Gasteiger partial charge in [0, 0.05) is 13.0 Å². The molecule has 0 spiro atoms. The highest BCUT2D eigenvalue weighted by Crippen LogP contribution is 2.37. The predicted octanol–water partition coefficient (Wildman–Crippen LogP) is 1.52. The van der Waals surface area contributed by atoms with Gasteiger partial charge in [-0.3, -0.25) is 10.2 Å². The van der Waals surface area contributed by atoms with Crippen LogP contribution in [-0.2, 0) is 4.79 Å². The summed E-state index contributed by atoms with van der Waals surface area (Å²) in [4.78, 5) is 14.0. The van der Waals surface area contributed by atoms with Crippen molar-refractivity contribution in [2.24, 2.45) is 5.73 Å². The number of hydrogen-bond acceptors (Lipinski definition) is 3. The zero-order valence-corrected chi connectivity index (χ0v) is 10.6. The Labute approximate surface area is 106 Å². The van der Waals surface area contributed by atoms with Gasteiger partial charge in [0.1, 0.15) is 5.75 Å². The van der Waals surface area contributed by atoms with E-state index in [1.807, 2.05) is 24.3 Å². The molecule has 5 nitrogen and oxygen atoms in total. The van der Waals surface area contributed by atoms with E-state index in [1.165, 1.54) is 0 Å². The van der Waals surface area contributed by atoms with E-state index >= 15 is 0 Å². The number of nitrogens with one attached hydrogen (secondary N) is 1. The summed E-state index contributed by atoms with van der Waals surface area (Å²) in [6, 6.07) is 7.40. The largest absolute Gasteiger partial charge is 0.476 e. The maximum atomic E-state index is 12.3. The first-order chi connectivity index (χ1) is 8.42. The third-order valence-corrected chi connectivity index (χ3v) is 2.89. The van der Waals surface area contributed by atoms with E-state index in [-0.39, 0.29) is 11.7 Å². The molecule has 96 valence electrons. The first kappa shape index (κ1) is 12.4. The second kappa shape index (κ2) is 4.33. The van der Waals surface area contributed by atoms with Crippen LogP contribution in [0.15, 0.2) is 24.3 Å². The molecule has 1 aromatic rings. The average molecular weight is 247 g/mol. The maximum absolute atomic E-state index is 12.3.